The van der Waals surface area contributed by atoms with Crippen LogP contribution in [0.4, 0.5) is 0 Å². The molecule has 0 aromatic rings. The van der Waals surface area contributed by atoms with Crippen LogP contribution in [0.25, 0.3) is 0 Å². The van der Waals surface area contributed by atoms with Gasteiger partial charge in [-0.3, -0.25) is 5.32 Å². The Balaban J connectivity index is 2.39. The second-order valence-electron chi connectivity index (χ2n) is 6.66. The van der Waals surface area contributed by atoms with Gasteiger partial charge in [-0.1, -0.05) is 20.8 Å². The zero-order valence-electron chi connectivity index (χ0n) is 13.4. The number of hydrogen-bond donors (Lipinski definition) is 1. The van der Waals surface area contributed by atoms with Gasteiger partial charge in [-0.25, -0.2) is 0 Å². The van der Waals surface area contributed by atoms with Gasteiger partial charge in [0, 0.05) is 19.1 Å². The summed E-state index contributed by atoms with van der Waals surface area (Å²) in [5.74, 6) is 1.64. The molecule has 0 bridgehead atoms. The molecule has 0 aromatic carbocycles. The molecule has 0 saturated carbocycles. The van der Waals surface area contributed by atoms with Crippen LogP contribution < -0.4 is 5.32 Å². The van der Waals surface area contributed by atoms with Crippen LogP contribution in [-0.2, 0) is 0 Å². The van der Waals surface area contributed by atoms with E-state index < -0.39 is 0 Å². The summed E-state index contributed by atoms with van der Waals surface area (Å²) in [5.41, 5.74) is -0.328. The number of hydrogen-bond acceptors (Lipinski definition) is 3. The van der Waals surface area contributed by atoms with Gasteiger partial charge in [-0.05, 0) is 51.5 Å². The Kier molecular flexibility index (Phi) is 6.29. The van der Waals surface area contributed by atoms with Gasteiger partial charge in [0.1, 0.15) is 5.54 Å². The third kappa shape index (κ3) is 4.78. The molecule has 1 aliphatic rings. The average Bonchev–Trinajstić information content (AvgIpc) is 2.67. The van der Waals surface area contributed by atoms with Gasteiger partial charge in [0.25, 0.3) is 0 Å². The first kappa shape index (κ1) is 16.5. The lowest BCUT2D eigenvalue weighted by atomic mass is 9.91. The predicted molar refractivity (Wildman–Crippen MR) is 80.9 cm³/mol. The largest absolute Gasteiger partial charge is 0.303 e. The maximum Gasteiger partial charge on any atom is 0.106 e. The number of nitrogens with one attached hydrogen (secondary N) is 1. The Morgan fingerprint density at radius 2 is 1.89 bits per heavy atom. The summed E-state index contributed by atoms with van der Waals surface area (Å²) < 4.78 is 0. The summed E-state index contributed by atoms with van der Waals surface area (Å²) in [6, 6.07) is 2.88. The van der Waals surface area contributed by atoms with Crippen molar-refractivity contribution < 1.29 is 0 Å². The Bertz CT molecular complexity index is 298. The second-order valence-corrected chi connectivity index (χ2v) is 6.66. The fourth-order valence-electron chi connectivity index (χ4n) is 3.11. The molecule has 3 unspecified atom stereocenters. The van der Waals surface area contributed by atoms with E-state index in [1.54, 1.807) is 0 Å². The Labute approximate surface area is 119 Å². The molecule has 0 amide bonds. The van der Waals surface area contributed by atoms with Crippen molar-refractivity contribution in [1.82, 2.24) is 10.2 Å². The van der Waals surface area contributed by atoms with Gasteiger partial charge in [0.15, 0.2) is 0 Å². The third-order valence-electron chi connectivity index (χ3n) is 4.52. The van der Waals surface area contributed by atoms with E-state index >= 15 is 0 Å². The number of rotatable bonds is 7. The van der Waals surface area contributed by atoms with Gasteiger partial charge < -0.3 is 4.90 Å². The molecule has 1 fully saturated rings. The Morgan fingerprint density at radius 1 is 1.32 bits per heavy atom. The maximum absolute atomic E-state index is 9.48. The normalized spacial score (nSPS) is 27.4. The highest BCUT2D eigenvalue weighted by atomic mass is 15.1. The standard InChI is InChI=1S/C16H31N3/c1-6-16(12-17,18-13(2)3)8-7-9-19-10-14(4)15(5)11-19/h13-15,18H,6-11H2,1-5H3. The molecular formula is C16H31N3. The minimum Gasteiger partial charge on any atom is -0.303 e. The van der Waals surface area contributed by atoms with Crippen molar-refractivity contribution in [3.8, 4) is 6.07 Å². The van der Waals surface area contributed by atoms with Crippen molar-refractivity contribution in [2.45, 2.75) is 65.5 Å². The van der Waals surface area contributed by atoms with Crippen molar-refractivity contribution in [2.24, 2.45) is 11.8 Å². The van der Waals surface area contributed by atoms with Crippen molar-refractivity contribution in [1.29, 1.82) is 5.26 Å². The molecule has 1 aliphatic heterocycles. The SMILES string of the molecule is CCC(C#N)(CCCN1CC(C)C(C)C1)NC(C)C. The van der Waals surface area contributed by atoms with Crippen LogP contribution in [-0.4, -0.2) is 36.1 Å². The van der Waals surface area contributed by atoms with Crippen molar-refractivity contribution in [3.63, 3.8) is 0 Å². The van der Waals surface area contributed by atoms with E-state index in [-0.39, 0.29) is 5.54 Å². The molecular weight excluding hydrogens is 234 g/mol. The van der Waals surface area contributed by atoms with Gasteiger partial charge in [-0.2, -0.15) is 5.26 Å². The van der Waals surface area contributed by atoms with E-state index in [1.165, 1.54) is 13.1 Å². The molecule has 0 aromatic heterocycles. The minimum absolute atomic E-state index is 0.328. The quantitative estimate of drug-likeness (QED) is 0.769. The highest BCUT2D eigenvalue weighted by Crippen LogP contribution is 2.24. The number of likely N-dealkylation sites (tertiary alicyclic amines) is 1. The topological polar surface area (TPSA) is 39.1 Å². The molecule has 1 rings (SSSR count). The molecule has 1 saturated heterocycles. The van der Waals surface area contributed by atoms with Gasteiger partial charge in [0.05, 0.1) is 6.07 Å². The van der Waals surface area contributed by atoms with Crippen LogP contribution >= 0.6 is 0 Å². The average molecular weight is 265 g/mol. The van der Waals surface area contributed by atoms with Gasteiger partial charge in [-0.15, -0.1) is 0 Å². The highest BCUT2D eigenvalue weighted by Gasteiger charge is 2.29. The summed E-state index contributed by atoms with van der Waals surface area (Å²) in [5, 5.41) is 12.9. The lowest BCUT2D eigenvalue weighted by Crippen LogP contribution is -2.47. The van der Waals surface area contributed by atoms with Crippen LogP contribution in [0.5, 0.6) is 0 Å². The second kappa shape index (κ2) is 7.26. The van der Waals surface area contributed by atoms with Crippen molar-refractivity contribution in [3.05, 3.63) is 0 Å². The van der Waals surface area contributed by atoms with Crippen molar-refractivity contribution >= 4 is 0 Å². The molecule has 0 spiro atoms. The molecule has 3 heteroatoms. The molecule has 1 heterocycles. The van der Waals surface area contributed by atoms with E-state index in [4.69, 9.17) is 0 Å². The summed E-state index contributed by atoms with van der Waals surface area (Å²) in [6.45, 7) is 14.6. The predicted octanol–water partition coefficient (Wildman–Crippen LogP) is 3.02. The molecule has 0 aliphatic carbocycles. The van der Waals surface area contributed by atoms with E-state index in [9.17, 15) is 5.26 Å². The summed E-state index contributed by atoms with van der Waals surface area (Å²) in [6.07, 6.45) is 2.95. The monoisotopic (exact) mass is 265 g/mol. The number of nitriles is 1. The fourth-order valence-corrected chi connectivity index (χ4v) is 3.11. The Morgan fingerprint density at radius 3 is 2.32 bits per heavy atom. The molecule has 110 valence electrons. The first-order valence-corrected chi connectivity index (χ1v) is 7.83. The minimum atomic E-state index is -0.328. The van der Waals surface area contributed by atoms with Crippen LogP contribution in [0.15, 0.2) is 0 Å². The molecule has 0 radical (unpaired) electrons. The zero-order valence-corrected chi connectivity index (χ0v) is 13.4. The molecule has 3 atom stereocenters. The lowest BCUT2D eigenvalue weighted by Gasteiger charge is -2.29. The van der Waals surface area contributed by atoms with Crippen LogP contribution in [0.2, 0.25) is 0 Å². The molecule has 1 N–H and O–H groups in total. The van der Waals surface area contributed by atoms with Crippen LogP contribution in [0.1, 0.15) is 53.9 Å². The van der Waals surface area contributed by atoms with E-state index in [1.807, 2.05) is 0 Å². The first-order valence-electron chi connectivity index (χ1n) is 7.83. The van der Waals surface area contributed by atoms with Crippen molar-refractivity contribution in [2.75, 3.05) is 19.6 Å². The van der Waals surface area contributed by atoms with Crippen LogP contribution in [0.3, 0.4) is 0 Å². The highest BCUT2D eigenvalue weighted by molar-refractivity contribution is 5.06. The lowest BCUT2D eigenvalue weighted by molar-refractivity contribution is 0.279. The van der Waals surface area contributed by atoms with E-state index in [0.717, 1.165) is 37.6 Å². The summed E-state index contributed by atoms with van der Waals surface area (Å²) in [7, 11) is 0. The maximum atomic E-state index is 9.48. The van der Waals surface area contributed by atoms with E-state index in [0.29, 0.717) is 6.04 Å². The summed E-state index contributed by atoms with van der Waals surface area (Å²) in [4.78, 5) is 2.56. The first-order chi connectivity index (χ1) is 8.92. The van der Waals surface area contributed by atoms with Gasteiger partial charge >= 0.3 is 0 Å². The van der Waals surface area contributed by atoms with Crippen LogP contribution in [0, 0.1) is 23.2 Å². The zero-order chi connectivity index (χ0) is 14.5. The molecule has 19 heavy (non-hydrogen) atoms. The molecule has 3 nitrogen and oxygen atoms in total. The number of nitrogens with zero attached hydrogens (tertiary/aromatic N) is 2. The smallest absolute Gasteiger partial charge is 0.106 e. The summed E-state index contributed by atoms with van der Waals surface area (Å²) >= 11 is 0. The fraction of sp³-hybridized carbons (Fsp3) is 0.938. The Hall–Kier alpha value is -0.590. The third-order valence-corrected chi connectivity index (χ3v) is 4.52. The van der Waals surface area contributed by atoms with Gasteiger partial charge in [0.2, 0.25) is 0 Å². The van der Waals surface area contributed by atoms with E-state index in [2.05, 4.69) is 50.9 Å².